The van der Waals surface area contributed by atoms with Crippen molar-refractivity contribution in [3.63, 3.8) is 0 Å². The second kappa shape index (κ2) is 7.64. The number of aromatic nitrogens is 2. The molecule has 1 aliphatic rings. The van der Waals surface area contributed by atoms with Crippen molar-refractivity contribution >= 4 is 17.3 Å². The van der Waals surface area contributed by atoms with E-state index in [4.69, 9.17) is 11.6 Å². The van der Waals surface area contributed by atoms with Crippen molar-refractivity contribution in [3.05, 3.63) is 34.2 Å². The second-order valence-corrected chi connectivity index (χ2v) is 6.08. The monoisotopic (exact) mass is 309 g/mol. The van der Waals surface area contributed by atoms with Crippen LogP contribution in [0.25, 0.3) is 0 Å². The van der Waals surface area contributed by atoms with E-state index in [9.17, 15) is 4.79 Å². The van der Waals surface area contributed by atoms with Crippen LogP contribution in [0.1, 0.15) is 45.4 Å². The predicted octanol–water partition coefficient (Wildman–Crippen LogP) is 3.85. The zero-order valence-corrected chi connectivity index (χ0v) is 13.4. The van der Waals surface area contributed by atoms with Crippen molar-refractivity contribution in [2.75, 3.05) is 5.32 Å². The van der Waals surface area contributed by atoms with Crippen molar-refractivity contribution in [2.45, 2.75) is 58.0 Å². The van der Waals surface area contributed by atoms with Gasteiger partial charge in [-0.15, -0.1) is 6.58 Å². The van der Waals surface area contributed by atoms with Crippen LogP contribution in [0.4, 0.5) is 5.69 Å². The van der Waals surface area contributed by atoms with Crippen LogP contribution in [-0.2, 0) is 6.54 Å². The van der Waals surface area contributed by atoms with E-state index in [1.54, 1.807) is 12.3 Å². The van der Waals surface area contributed by atoms with E-state index in [0.717, 1.165) is 6.42 Å². The van der Waals surface area contributed by atoms with E-state index in [1.807, 2.05) is 0 Å². The van der Waals surface area contributed by atoms with Gasteiger partial charge in [-0.1, -0.05) is 43.9 Å². The Kier molecular flexibility index (Phi) is 5.85. The maximum Gasteiger partial charge on any atom is 0.287 e. The Morgan fingerprint density at radius 1 is 1.52 bits per heavy atom. The van der Waals surface area contributed by atoms with E-state index >= 15 is 0 Å². The summed E-state index contributed by atoms with van der Waals surface area (Å²) >= 11 is 6.20. The minimum atomic E-state index is -0.264. The normalized spacial score (nSPS) is 17.4. The average Bonchev–Trinajstić information content (AvgIpc) is 2.52. The van der Waals surface area contributed by atoms with Gasteiger partial charge in [-0.25, -0.2) is 4.68 Å². The smallest absolute Gasteiger partial charge is 0.287 e. The number of nitrogens with zero attached hydrogens (tertiary/aromatic N) is 2. The Labute approximate surface area is 131 Å². The summed E-state index contributed by atoms with van der Waals surface area (Å²) in [6, 6.07) is 0.360. The minimum Gasteiger partial charge on any atom is -0.379 e. The highest BCUT2D eigenvalue weighted by atomic mass is 35.5. The number of allylic oxidation sites excluding steroid dienone is 1. The van der Waals surface area contributed by atoms with E-state index in [1.165, 1.54) is 36.8 Å². The molecular formula is C16H24ClN3O. The molecule has 116 valence electrons. The molecule has 5 heteroatoms. The highest BCUT2D eigenvalue weighted by Crippen LogP contribution is 2.30. The first kappa shape index (κ1) is 16.1. The maximum absolute atomic E-state index is 12.1. The Bertz CT molecular complexity index is 535. The molecule has 1 aromatic heterocycles. The Morgan fingerprint density at radius 2 is 2.24 bits per heavy atom. The van der Waals surface area contributed by atoms with Crippen molar-refractivity contribution in [3.8, 4) is 0 Å². The summed E-state index contributed by atoms with van der Waals surface area (Å²) in [5, 5.41) is 7.81. The Hall–Kier alpha value is -1.29. The third kappa shape index (κ3) is 3.88. The van der Waals surface area contributed by atoms with Crippen LogP contribution in [0, 0.1) is 5.92 Å². The minimum absolute atomic E-state index is 0.223. The maximum atomic E-state index is 12.1. The lowest BCUT2D eigenvalue weighted by atomic mass is 9.83. The number of anilines is 1. The van der Waals surface area contributed by atoms with Gasteiger partial charge in [0.05, 0.1) is 18.4 Å². The van der Waals surface area contributed by atoms with Crippen LogP contribution in [-0.4, -0.2) is 15.8 Å². The zero-order chi connectivity index (χ0) is 15.2. The molecule has 1 unspecified atom stereocenters. The summed E-state index contributed by atoms with van der Waals surface area (Å²) in [4.78, 5) is 12.1. The first-order valence-electron chi connectivity index (χ1n) is 7.80. The number of hydrogen-bond acceptors (Lipinski definition) is 3. The van der Waals surface area contributed by atoms with E-state index < -0.39 is 0 Å². The van der Waals surface area contributed by atoms with Gasteiger partial charge >= 0.3 is 0 Å². The highest BCUT2D eigenvalue weighted by Gasteiger charge is 2.23. The molecule has 1 N–H and O–H groups in total. The molecule has 0 radical (unpaired) electrons. The van der Waals surface area contributed by atoms with E-state index in [0.29, 0.717) is 24.2 Å². The van der Waals surface area contributed by atoms with Gasteiger partial charge in [0.25, 0.3) is 5.56 Å². The molecular weight excluding hydrogens is 286 g/mol. The summed E-state index contributed by atoms with van der Waals surface area (Å²) in [6.07, 6.45) is 10.8. The van der Waals surface area contributed by atoms with E-state index in [2.05, 4.69) is 23.9 Å². The molecule has 0 aliphatic heterocycles. The third-order valence-electron chi connectivity index (χ3n) is 4.29. The molecule has 21 heavy (non-hydrogen) atoms. The summed E-state index contributed by atoms with van der Waals surface area (Å²) in [5.41, 5.74) is 0.388. The van der Waals surface area contributed by atoms with Crippen LogP contribution in [0.3, 0.4) is 0 Å². The number of nitrogens with one attached hydrogen (secondary N) is 1. The molecule has 0 spiro atoms. The Balaban J connectivity index is 2.15. The van der Waals surface area contributed by atoms with E-state index in [-0.39, 0.29) is 10.6 Å². The molecule has 2 rings (SSSR count). The van der Waals surface area contributed by atoms with Crippen molar-refractivity contribution in [2.24, 2.45) is 5.92 Å². The fourth-order valence-electron chi connectivity index (χ4n) is 3.11. The molecule has 1 heterocycles. The van der Waals surface area contributed by atoms with Gasteiger partial charge in [-0.2, -0.15) is 5.10 Å². The number of hydrogen-bond donors (Lipinski definition) is 1. The largest absolute Gasteiger partial charge is 0.379 e. The average molecular weight is 310 g/mol. The lowest BCUT2D eigenvalue weighted by Crippen LogP contribution is -2.32. The molecule has 0 bridgehead atoms. The van der Waals surface area contributed by atoms with Gasteiger partial charge in [-0.3, -0.25) is 4.79 Å². The van der Waals surface area contributed by atoms with Crippen LogP contribution >= 0.6 is 11.6 Å². The van der Waals surface area contributed by atoms with Crippen LogP contribution in [0.5, 0.6) is 0 Å². The molecule has 1 fully saturated rings. The lowest BCUT2D eigenvalue weighted by Gasteiger charge is -2.31. The third-order valence-corrected chi connectivity index (χ3v) is 4.65. The molecule has 0 aromatic carbocycles. The summed E-state index contributed by atoms with van der Waals surface area (Å²) in [6.45, 7) is 6.16. The van der Waals surface area contributed by atoms with Gasteiger partial charge < -0.3 is 5.32 Å². The fraction of sp³-hybridized carbons (Fsp3) is 0.625. The van der Waals surface area contributed by atoms with Gasteiger partial charge in [0.1, 0.15) is 5.02 Å². The SMILES string of the molecule is C=CCn1ncc(NC(CC)C2CCCCC2)c(Cl)c1=O. The quantitative estimate of drug-likeness (QED) is 0.812. The zero-order valence-electron chi connectivity index (χ0n) is 12.6. The molecule has 1 saturated carbocycles. The topological polar surface area (TPSA) is 46.9 Å². The molecule has 0 amide bonds. The second-order valence-electron chi connectivity index (χ2n) is 5.71. The highest BCUT2D eigenvalue weighted by molar-refractivity contribution is 6.32. The number of halogens is 1. The van der Waals surface area contributed by atoms with Gasteiger partial charge in [0, 0.05) is 6.04 Å². The van der Waals surface area contributed by atoms with Crippen molar-refractivity contribution in [1.82, 2.24) is 9.78 Å². The Morgan fingerprint density at radius 3 is 2.86 bits per heavy atom. The molecule has 1 aromatic rings. The summed E-state index contributed by atoms with van der Waals surface area (Å²) in [5.74, 6) is 0.662. The van der Waals surface area contributed by atoms with Crippen molar-refractivity contribution < 1.29 is 0 Å². The van der Waals surface area contributed by atoms with Crippen LogP contribution < -0.4 is 10.9 Å². The van der Waals surface area contributed by atoms with Crippen LogP contribution in [0.15, 0.2) is 23.6 Å². The fourth-order valence-corrected chi connectivity index (χ4v) is 3.31. The van der Waals surface area contributed by atoms with Gasteiger partial charge in [0.2, 0.25) is 0 Å². The molecule has 4 nitrogen and oxygen atoms in total. The summed E-state index contributed by atoms with van der Waals surface area (Å²) in [7, 11) is 0. The molecule has 1 atom stereocenters. The van der Waals surface area contributed by atoms with Crippen molar-refractivity contribution in [1.29, 1.82) is 0 Å². The molecule has 0 saturated heterocycles. The standard InChI is InChI=1S/C16H24ClN3O/c1-3-10-20-16(21)15(17)14(11-18-20)19-13(4-2)12-8-6-5-7-9-12/h3,11-13,19H,1,4-10H2,2H3. The first-order chi connectivity index (χ1) is 10.2. The first-order valence-corrected chi connectivity index (χ1v) is 8.18. The van der Waals surface area contributed by atoms with Crippen LogP contribution in [0.2, 0.25) is 5.02 Å². The predicted molar refractivity (Wildman–Crippen MR) is 88.0 cm³/mol. The summed E-state index contributed by atoms with van der Waals surface area (Å²) < 4.78 is 1.32. The van der Waals surface area contributed by atoms with Gasteiger partial charge in [-0.05, 0) is 25.2 Å². The van der Waals surface area contributed by atoms with Gasteiger partial charge in [0.15, 0.2) is 0 Å². The molecule has 1 aliphatic carbocycles. The lowest BCUT2D eigenvalue weighted by molar-refractivity contribution is 0.313. The number of rotatable bonds is 6.